The second-order valence-corrected chi connectivity index (χ2v) is 7.92. The molecule has 5 rings (SSSR count). The Bertz CT molecular complexity index is 950. The molecule has 0 amide bonds. The maximum atomic E-state index is 5.20. The highest BCUT2D eigenvalue weighted by atomic mass is 15.3. The van der Waals surface area contributed by atoms with Crippen LogP contribution in [0.1, 0.15) is 30.5 Å². The topological polar surface area (TPSA) is 15.6 Å². The molecule has 134 valence electrons. The maximum absolute atomic E-state index is 5.20. The fraction of sp³-hybridized carbons (Fsp3) is 0.240. The molecule has 0 radical (unpaired) electrons. The highest BCUT2D eigenvalue weighted by Crippen LogP contribution is 2.53. The molecule has 1 fully saturated rings. The van der Waals surface area contributed by atoms with Gasteiger partial charge in [-0.05, 0) is 28.7 Å². The van der Waals surface area contributed by atoms with Gasteiger partial charge >= 0.3 is 0 Å². The van der Waals surface area contributed by atoms with Gasteiger partial charge in [0.15, 0.2) is 0 Å². The molecule has 2 heteroatoms. The van der Waals surface area contributed by atoms with E-state index in [-0.39, 0.29) is 5.41 Å². The predicted octanol–water partition coefficient (Wildman–Crippen LogP) is 5.56. The molecule has 0 spiro atoms. The highest BCUT2D eigenvalue weighted by Gasteiger charge is 2.61. The number of aliphatic imine (C=N–C) groups is 1. The third-order valence-corrected chi connectivity index (χ3v) is 6.05. The largest absolute Gasteiger partial charge is 0.350 e. The van der Waals surface area contributed by atoms with Crippen LogP contribution >= 0.6 is 0 Å². The first kappa shape index (κ1) is 16.3. The number of para-hydroxylation sites is 1. The Morgan fingerprint density at radius 1 is 0.815 bits per heavy atom. The Morgan fingerprint density at radius 3 is 1.96 bits per heavy atom. The van der Waals surface area contributed by atoms with Gasteiger partial charge in [-0.2, -0.15) is 0 Å². The summed E-state index contributed by atoms with van der Waals surface area (Å²) in [7, 11) is 0. The standard InChI is InChI=1S/C25H24N2/c1-18(2)23-25(20-12-5-3-6-13-20,21-14-7-4-8-15-21)24-26-22-16-10-9-11-19(22)17-27(23)24/h3-16,18,23H,17H2,1-2H3. The maximum Gasteiger partial charge on any atom is 0.123 e. The van der Waals surface area contributed by atoms with Crippen molar-refractivity contribution >= 4 is 11.5 Å². The molecule has 1 unspecified atom stereocenters. The summed E-state index contributed by atoms with van der Waals surface area (Å²) in [5, 5.41) is 0. The van der Waals surface area contributed by atoms with Gasteiger partial charge in [-0.25, -0.2) is 4.99 Å². The molecule has 1 atom stereocenters. The number of nitrogens with zero attached hydrogens (tertiary/aromatic N) is 2. The van der Waals surface area contributed by atoms with Crippen LogP contribution in [0, 0.1) is 5.92 Å². The average Bonchev–Trinajstić information content (AvgIpc) is 2.70. The van der Waals surface area contributed by atoms with Gasteiger partial charge in [0.05, 0.1) is 17.1 Å². The first-order valence-electron chi connectivity index (χ1n) is 9.77. The number of hydrogen-bond acceptors (Lipinski definition) is 2. The van der Waals surface area contributed by atoms with Crippen molar-refractivity contribution in [3.8, 4) is 0 Å². The highest BCUT2D eigenvalue weighted by molar-refractivity contribution is 6.06. The fourth-order valence-corrected chi connectivity index (χ4v) is 5.06. The van der Waals surface area contributed by atoms with E-state index in [0.29, 0.717) is 12.0 Å². The molecule has 0 bridgehead atoms. The molecule has 0 aromatic heterocycles. The third kappa shape index (κ3) is 2.22. The van der Waals surface area contributed by atoms with Crippen molar-refractivity contribution in [2.24, 2.45) is 10.9 Å². The summed E-state index contributed by atoms with van der Waals surface area (Å²) >= 11 is 0. The van der Waals surface area contributed by atoms with E-state index in [1.807, 2.05) is 0 Å². The van der Waals surface area contributed by atoms with Gasteiger partial charge < -0.3 is 4.90 Å². The van der Waals surface area contributed by atoms with Crippen LogP contribution in [-0.2, 0) is 12.0 Å². The van der Waals surface area contributed by atoms with Crippen molar-refractivity contribution in [1.29, 1.82) is 0 Å². The quantitative estimate of drug-likeness (QED) is 0.603. The van der Waals surface area contributed by atoms with E-state index in [9.17, 15) is 0 Å². The molecule has 1 saturated heterocycles. The third-order valence-electron chi connectivity index (χ3n) is 6.05. The second kappa shape index (κ2) is 6.09. The van der Waals surface area contributed by atoms with Gasteiger partial charge in [-0.15, -0.1) is 0 Å². The van der Waals surface area contributed by atoms with E-state index in [2.05, 4.69) is 104 Å². The lowest BCUT2D eigenvalue weighted by molar-refractivity contribution is 0.112. The molecular weight excluding hydrogens is 328 g/mol. The van der Waals surface area contributed by atoms with E-state index in [1.54, 1.807) is 0 Å². The van der Waals surface area contributed by atoms with Gasteiger partial charge in [-0.1, -0.05) is 92.7 Å². The average molecular weight is 352 g/mol. The number of amidine groups is 1. The molecule has 2 aliphatic heterocycles. The summed E-state index contributed by atoms with van der Waals surface area (Å²) in [5.74, 6) is 1.70. The Morgan fingerprint density at radius 2 is 1.37 bits per heavy atom. The first-order chi connectivity index (χ1) is 13.2. The van der Waals surface area contributed by atoms with Crippen LogP contribution in [0.15, 0.2) is 89.9 Å². The minimum atomic E-state index is -0.190. The minimum absolute atomic E-state index is 0.190. The molecule has 27 heavy (non-hydrogen) atoms. The van der Waals surface area contributed by atoms with Crippen molar-refractivity contribution in [1.82, 2.24) is 4.90 Å². The van der Waals surface area contributed by atoms with E-state index >= 15 is 0 Å². The van der Waals surface area contributed by atoms with Crippen molar-refractivity contribution < 1.29 is 0 Å². The summed E-state index contributed by atoms with van der Waals surface area (Å²) < 4.78 is 0. The van der Waals surface area contributed by atoms with Crippen LogP contribution < -0.4 is 0 Å². The molecule has 2 nitrogen and oxygen atoms in total. The van der Waals surface area contributed by atoms with Crippen LogP contribution in [0.4, 0.5) is 5.69 Å². The zero-order valence-electron chi connectivity index (χ0n) is 15.8. The summed E-state index contributed by atoms with van der Waals surface area (Å²) in [5.41, 5.74) is 4.92. The van der Waals surface area contributed by atoms with E-state index in [0.717, 1.165) is 12.2 Å². The lowest BCUT2D eigenvalue weighted by atomic mass is 9.58. The molecular formula is C25H24N2. The van der Waals surface area contributed by atoms with Crippen LogP contribution in [0.2, 0.25) is 0 Å². The van der Waals surface area contributed by atoms with E-state index in [1.165, 1.54) is 22.5 Å². The Labute approximate surface area is 161 Å². The lowest BCUT2D eigenvalue weighted by Gasteiger charge is -2.62. The van der Waals surface area contributed by atoms with Gasteiger partial charge in [0, 0.05) is 6.54 Å². The van der Waals surface area contributed by atoms with Crippen molar-refractivity contribution in [2.45, 2.75) is 31.8 Å². The Balaban J connectivity index is 1.80. The van der Waals surface area contributed by atoms with Crippen LogP contribution in [0.3, 0.4) is 0 Å². The smallest absolute Gasteiger partial charge is 0.123 e. The fourth-order valence-electron chi connectivity index (χ4n) is 5.06. The summed E-state index contributed by atoms with van der Waals surface area (Å²) in [6, 6.07) is 30.8. The lowest BCUT2D eigenvalue weighted by Crippen LogP contribution is -2.73. The zero-order chi connectivity index (χ0) is 18.4. The van der Waals surface area contributed by atoms with Crippen molar-refractivity contribution in [3.05, 3.63) is 102 Å². The molecule has 2 aliphatic rings. The van der Waals surface area contributed by atoms with Crippen LogP contribution in [-0.4, -0.2) is 16.8 Å². The van der Waals surface area contributed by atoms with Crippen LogP contribution in [0.25, 0.3) is 0 Å². The first-order valence-corrected chi connectivity index (χ1v) is 9.77. The molecule has 0 aliphatic carbocycles. The van der Waals surface area contributed by atoms with Crippen molar-refractivity contribution in [3.63, 3.8) is 0 Å². The molecule has 3 aromatic carbocycles. The zero-order valence-corrected chi connectivity index (χ0v) is 15.8. The summed E-state index contributed by atoms with van der Waals surface area (Å²) in [6.45, 7) is 5.62. The number of benzene rings is 3. The second-order valence-electron chi connectivity index (χ2n) is 7.92. The number of fused-ring (bicyclic) bond motifs is 2. The van der Waals surface area contributed by atoms with E-state index in [4.69, 9.17) is 4.99 Å². The Kier molecular flexibility index (Phi) is 3.68. The predicted molar refractivity (Wildman–Crippen MR) is 111 cm³/mol. The van der Waals surface area contributed by atoms with Gasteiger partial charge in [0.1, 0.15) is 5.84 Å². The number of hydrogen-bond donors (Lipinski definition) is 0. The van der Waals surface area contributed by atoms with Gasteiger partial charge in [-0.3, -0.25) is 0 Å². The normalized spacial score (nSPS) is 19.7. The summed E-state index contributed by atoms with van der Waals surface area (Å²) in [6.07, 6.45) is 0. The van der Waals surface area contributed by atoms with Gasteiger partial charge in [0.2, 0.25) is 0 Å². The number of rotatable bonds is 3. The molecule has 2 heterocycles. The van der Waals surface area contributed by atoms with E-state index < -0.39 is 0 Å². The molecule has 3 aromatic rings. The Hall–Kier alpha value is -2.87. The molecule has 0 saturated carbocycles. The summed E-state index contributed by atoms with van der Waals surface area (Å²) in [4.78, 5) is 7.72. The van der Waals surface area contributed by atoms with Crippen LogP contribution in [0.5, 0.6) is 0 Å². The SMILES string of the molecule is CC(C)C1N2Cc3ccccc3N=C2C1(c1ccccc1)c1ccccc1. The monoisotopic (exact) mass is 352 g/mol. The molecule has 0 N–H and O–H groups in total. The van der Waals surface area contributed by atoms with Crippen molar-refractivity contribution in [2.75, 3.05) is 0 Å². The van der Waals surface area contributed by atoms with Gasteiger partial charge in [0.25, 0.3) is 0 Å². The minimum Gasteiger partial charge on any atom is -0.350 e.